The molecule has 0 heterocycles. The summed E-state index contributed by atoms with van der Waals surface area (Å²) < 4.78 is 44.0. The summed E-state index contributed by atoms with van der Waals surface area (Å²) in [6, 6.07) is 2.83. The van der Waals surface area contributed by atoms with Gasteiger partial charge in [-0.3, -0.25) is 0 Å². The van der Waals surface area contributed by atoms with Gasteiger partial charge in [-0.15, -0.1) is 0 Å². The molecular formula is C14H15F3O3. The van der Waals surface area contributed by atoms with Crippen LogP contribution in [0.4, 0.5) is 13.2 Å². The molecule has 2 rings (SSSR count). The van der Waals surface area contributed by atoms with Crippen LogP contribution in [0.5, 0.6) is 5.75 Å². The number of hydrogen-bond donors (Lipinski definition) is 1. The van der Waals surface area contributed by atoms with Crippen LogP contribution < -0.4 is 4.74 Å². The van der Waals surface area contributed by atoms with E-state index < -0.39 is 23.3 Å². The largest absolute Gasteiger partial charge is 0.493 e. The third kappa shape index (κ3) is 3.43. The zero-order chi connectivity index (χ0) is 14.8. The van der Waals surface area contributed by atoms with E-state index in [9.17, 15) is 18.0 Å². The summed E-state index contributed by atoms with van der Waals surface area (Å²) in [5.74, 6) is -1.40. The van der Waals surface area contributed by atoms with Gasteiger partial charge in [0.15, 0.2) is 0 Å². The molecule has 1 aromatic carbocycles. The van der Waals surface area contributed by atoms with Crippen LogP contribution in [0.15, 0.2) is 18.2 Å². The third-order valence-electron chi connectivity index (χ3n) is 3.48. The molecule has 0 spiro atoms. The lowest BCUT2D eigenvalue weighted by molar-refractivity contribution is -0.139. The Labute approximate surface area is 114 Å². The molecule has 1 aliphatic carbocycles. The fourth-order valence-corrected chi connectivity index (χ4v) is 2.40. The van der Waals surface area contributed by atoms with Gasteiger partial charge in [0.25, 0.3) is 0 Å². The Morgan fingerprint density at radius 3 is 2.50 bits per heavy atom. The number of rotatable bonds is 4. The summed E-state index contributed by atoms with van der Waals surface area (Å²) in [5, 5.41) is 8.76. The van der Waals surface area contributed by atoms with Crippen molar-refractivity contribution in [2.24, 2.45) is 5.92 Å². The van der Waals surface area contributed by atoms with E-state index in [0.717, 1.165) is 37.8 Å². The number of ether oxygens (including phenoxy) is 1. The lowest BCUT2D eigenvalue weighted by Crippen LogP contribution is -2.14. The van der Waals surface area contributed by atoms with Crippen molar-refractivity contribution in [1.82, 2.24) is 0 Å². The van der Waals surface area contributed by atoms with Crippen LogP contribution in [-0.2, 0) is 6.18 Å². The molecular weight excluding hydrogens is 273 g/mol. The maximum absolute atomic E-state index is 12.9. The van der Waals surface area contributed by atoms with Crippen molar-refractivity contribution < 1.29 is 27.8 Å². The summed E-state index contributed by atoms with van der Waals surface area (Å²) in [4.78, 5) is 10.8. The number of carboxylic acids is 1. The fourth-order valence-electron chi connectivity index (χ4n) is 2.40. The Balaban J connectivity index is 2.19. The van der Waals surface area contributed by atoms with E-state index in [1.807, 2.05) is 0 Å². The van der Waals surface area contributed by atoms with Crippen molar-refractivity contribution in [3.8, 4) is 5.75 Å². The number of benzene rings is 1. The van der Waals surface area contributed by atoms with Gasteiger partial charge in [0.05, 0.1) is 17.7 Å². The van der Waals surface area contributed by atoms with Gasteiger partial charge in [-0.2, -0.15) is 13.2 Å². The summed E-state index contributed by atoms with van der Waals surface area (Å²) in [6.07, 6.45) is -0.532. The first-order chi connectivity index (χ1) is 9.38. The molecule has 0 radical (unpaired) electrons. The highest BCUT2D eigenvalue weighted by molar-refractivity contribution is 5.88. The Morgan fingerprint density at radius 2 is 1.95 bits per heavy atom. The predicted molar refractivity (Wildman–Crippen MR) is 65.9 cm³/mol. The van der Waals surface area contributed by atoms with E-state index in [1.54, 1.807) is 0 Å². The van der Waals surface area contributed by atoms with Crippen LogP contribution in [0.2, 0.25) is 0 Å². The molecule has 0 atom stereocenters. The molecule has 0 aromatic heterocycles. The molecule has 3 nitrogen and oxygen atoms in total. The lowest BCUT2D eigenvalue weighted by atomic mass is 10.1. The molecule has 6 heteroatoms. The first-order valence-corrected chi connectivity index (χ1v) is 6.45. The van der Waals surface area contributed by atoms with Crippen LogP contribution in [0.3, 0.4) is 0 Å². The Morgan fingerprint density at radius 1 is 1.30 bits per heavy atom. The summed E-state index contributed by atoms with van der Waals surface area (Å²) in [6.45, 7) is 0.246. The maximum atomic E-state index is 12.9. The molecule has 1 N–H and O–H groups in total. The first-order valence-electron chi connectivity index (χ1n) is 6.45. The zero-order valence-corrected chi connectivity index (χ0v) is 10.7. The Kier molecular flexibility index (Phi) is 4.20. The van der Waals surface area contributed by atoms with Crippen LogP contribution in [0, 0.1) is 5.92 Å². The third-order valence-corrected chi connectivity index (χ3v) is 3.48. The number of carboxylic acid groups (broad SMARTS) is 1. The van der Waals surface area contributed by atoms with Crippen molar-refractivity contribution in [2.75, 3.05) is 6.61 Å². The minimum Gasteiger partial charge on any atom is -0.493 e. The summed E-state index contributed by atoms with van der Waals surface area (Å²) in [5.41, 5.74) is -1.43. The molecule has 110 valence electrons. The summed E-state index contributed by atoms with van der Waals surface area (Å²) in [7, 11) is 0. The Hall–Kier alpha value is -1.72. The lowest BCUT2D eigenvalue weighted by Gasteiger charge is -2.16. The van der Waals surface area contributed by atoms with E-state index in [0.29, 0.717) is 6.07 Å². The minimum absolute atomic E-state index is 0.246. The predicted octanol–water partition coefficient (Wildman–Crippen LogP) is 3.97. The summed E-state index contributed by atoms with van der Waals surface area (Å²) >= 11 is 0. The molecule has 0 unspecified atom stereocenters. The molecule has 1 aliphatic rings. The molecule has 0 saturated heterocycles. The molecule has 1 saturated carbocycles. The minimum atomic E-state index is -4.63. The molecule has 0 aliphatic heterocycles. The van der Waals surface area contributed by atoms with Gasteiger partial charge in [-0.25, -0.2) is 4.79 Å². The average molecular weight is 288 g/mol. The van der Waals surface area contributed by atoms with Crippen LogP contribution in [-0.4, -0.2) is 17.7 Å². The molecule has 1 fully saturated rings. The van der Waals surface area contributed by atoms with E-state index >= 15 is 0 Å². The monoisotopic (exact) mass is 288 g/mol. The SMILES string of the molecule is O=C(O)c1ccc(OCC2CCCC2)c(C(F)(F)F)c1. The quantitative estimate of drug-likeness (QED) is 0.911. The maximum Gasteiger partial charge on any atom is 0.419 e. The second kappa shape index (κ2) is 5.73. The molecule has 1 aromatic rings. The first kappa shape index (κ1) is 14.7. The average Bonchev–Trinajstić information content (AvgIpc) is 2.88. The number of hydrogen-bond acceptors (Lipinski definition) is 2. The standard InChI is InChI=1S/C14H15F3O3/c15-14(16,17)11-7-10(13(18)19)5-6-12(11)20-8-9-3-1-2-4-9/h5-7,9H,1-4,8H2,(H,18,19). The van der Waals surface area contributed by atoms with Gasteiger partial charge in [0, 0.05) is 0 Å². The van der Waals surface area contributed by atoms with Gasteiger partial charge in [0.1, 0.15) is 5.75 Å². The van der Waals surface area contributed by atoms with Crippen molar-refractivity contribution in [3.05, 3.63) is 29.3 Å². The van der Waals surface area contributed by atoms with E-state index in [2.05, 4.69) is 0 Å². The van der Waals surface area contributed by atoms with E-state index in [1.165, 1.54) is 0 Å². The zero-order valence-electron chi connectivity index (χ0n) is 10.7. The normalized spacial score (nSPS) is 16.4. The van der Waals surface area contributed by atoms with Crippen LogP contribution in [0.25, 0.3) is 0 Å². The highest BCUT2D eigenvalue weighted by Gasteiger charge is 2.35. The molecule has 0 bridgehead atoms. The smallest absolute Gasteiger partial charge is 0.419 e. The highest BCUT2D eigenvalue weighted by atomic mass is 19.4. The Bertz CT molecular complexity index is 491. The topological polar surface area (TPSA) is 46.5 Å². The molecule has 20 heavy (non-hydrogen) atoms. The van der Waals surface area contributed by atoms with Gasteiger partial charge < -0.3 is 9.84 Å². The van der Waals surface area contributed by atoms with Crippen molar-refractivity contribution >= 4 is 5.97 Å². The number of aromatic carboxylic acids is 1. The van der Waals surface area contributed by atoms with Crippen molar-refractivity contribution in [2.45, 2.75) is 31.9 Å². The van der Waals surface area contributed by atoms with Crippen molar-refractivity contribution in [1.29, 1.82) is 0 Å². The van der Waals surface area contributed by atoms with Gasteiger partial charge in [-0.1, -0.05) is 12.8 Å². The second-order valence-corrected chi connectivity index (χ2v) is 4.98. The van der Waals surface area contributed by atoms with Crippen molar-refractivity contribution in [3.63, 3.8) is 0 Å². The van der Waals surface area contributed by atoms with Gasteiger partial charge in [0.2, 0.25) is 0 Å². The fraction of sp³-hybridized carbons (Fsp3) is 0.500. The number of carbonyl (C=O) groups is 1. The highest BCUT2D eigenvalue weighted by Crippen LogP contribution is 2.37. The number of halogens is 3. The second-order valence-electron chi connectivity index (χ2n) is 4.98. The molecule has 0 amide bonds. The van der Waals surface area contributed by atoms with Gasteiger partial charge in [-0.05, 0) is 37.0 Å². The van der Waals surface area contributed by atoms with Gasteiger partial charge >= 0.3 is 12.1 Å². The van der Waals surface area contributed by atoms with E-state index in [4.69, 9.17) is 9.84 Å². The van der Waals surface area contributed by atoms with Crippen LogP contribution in [0.1, 0.15) is 41.6 Å². The van der Waals surface area contributed by atoms with Crippen LogP contribution >= 0.6 is 0 Å². The van der Waals surface area contributed by atoms with E-state index in [-0.39, 0.29) is 18.3 Å². The number of alkyl halides is 3.